The minimum Gasteiger partial charge on any atom is -0.507 e. The smallest absolute Gasteiger partial charge is 0.295 e. The normalized spacial score (nSPS) is 17.7. The summed E-state index contributed by atoms with van der Waals surface area (Å²) in [7, 11) is 1.52. The van der Waals surface area contributed by atoms with Crippen LogP contribution >= 0.6 is 0 Å². The number of carbonyl (C=O) groups excluding carboxylic acids is 2. The number of methoxy groups -OCH3 is 1. The number of hydrogen-bond acceptors (Lipinski definition) is 5. The minimum atomic E-state index is -0.872. The van der Waals surface area contributed by atoms with Gasteiger partial charge < -0.3 is 14.7 Å². The van der Waals surface area contributed by atoms with Gasteiger partial charge in [0.2, 0.25) is 0 Å². The molecule has 0 saturated carbocycles. The number of likely N-dealkylation sites (tertiary alicyclic amines) is 1. The molecule has 0 unspecified atom stereocenters. The average molecular weight is 418 g/mol. The van der Waals surface area contributed by atoms with Gasteiger partial charge in [-0.25, -0.2) is 4.39 Å². The van der Waals surface area contributed by atoms with Crippen LogP contribution in [0.3, 0.4) is 0 Å². The molecule has 1 saturated heterocycles. The number of pyridine rings is 1. The first-order chi connectivity index (χ1) is 15.0. The number of ether oxygens (including phenoxy) is 1. The number of ketones is 1. The molecule has 1 N–H and O–H groups in total. The first-order valence-electron chi connectivity index (χ1n) is 9.57. The van der Waals surface area contributed by atoms with E-state index in [9.17, 15) is 19.1 Å². The van der Waals surface area contributed by atoms with Gasteiger partial charge in [0.15, 0.2) is 0 Å². The number of hydrogen-bond donors (Lipinski definition) is 1. The molecule has 6 nitrogen and oxygen atoms in total. The largest absolute Gasteiger partial charge is 0.507 e. The second-order valence-electron chi connectivity index (χ2n) is 7.07. The highest BCUT2D eigenvalue weighted by atomic mass is 19.1. The molecule has 1 atom stereocenters. The van der Waals surface area contributed by atoms with E-state index in [1.54, 1.807) is 48.8 Å². The van der Waals surface area contributed by atoms with Crippen molar-refractivity contribution < 1.29 is 23.8 Å². The van der Waals surface area contributed by atoms with E-state index < -0.39 is 23.5 Å². The number of nitrogens with zero attached hydrogens (tertiary/aromatic N) is 2. The van der Waals surface area contributed by atoms with Gasteiger partial charge in [0.1, 0.15) is 17.3 Å². The zero-order chi connectivity index (χ0) is 22.0. The van der Waals surface area contributed by atoms with Crippen LogP contribution in [0.25, 0.3) is 5.76 Å². The van der Waals surface area contributed by atoms with Crippen LogP contribution in [0, 0.1) is 5.82 Å². The van der Waals surface area contributed by atoms with Crippen LogP contribution in [0.5, 0.6) is 5.75 Å². The number of aliphatic hydroxyl groups is 1. The summed E-state index contributed by atoms with van der Waals surface area (Å²) in [5, 5.41) is 11.0. The fourth-order valence-corrected chi connectivity index (χ4v) is 3.63. The number of aromatic nitrogens is 1. The lowest BCUT2D eigenvalue weighted by molar-refractivity contribution is -0.140. The molecule has 1 aliphatic rings. The number of halogens is 1. The van der Waals surface area contributed by atoms with E-state index in [1.165, 1.54) is 36.3 Å². The standard InChI is InChI=1S/C24H19FN2O4/c1-31-19-10-6-17(7-11-19)22(28)20-21(16-4-8-18(25)9-5-16)27(24(30)23(20)29)14-15-3-2-12-26-13-15/h2-13,21,28H,14H2,1H3/t21-/m1/s1. The van der Waals surface area contributed by atoms with Gasteiger partial charge in [0, 0.05) is 24.5 Å². The maximum absolute atomic E-state index is 13.5. The Balaban J connectivity index is 1.84. The van der Waals surface area contributed by atoms with Gasteiger partial charge in [-0.05, 0) is 53.6 Å². The molecule has 2 aromatic carbocycles. The number of benzene rings is 2. The summed E-state index contributed by atoms with van der Waals surface area (Å²) in [5.74, 6) is -1.70. The van der Waals surface area contributed by atoms with Gasteiger partial charge in [-0.2, -0.15) is 0 Å². The number of Topliss-reactive ketones (excluding diaryl/α,β-unsaturated/α-hetero) is 1. The maximum atomic E-state index is 13.5. The van der Waals surface area contributed by atoms with Gasteiger partial charge in [-0.1, -0.05) is 18.2 Å². The summed E-state index contributed by atoms with van der Waals surface area (Å²) in [6, 6.07) is 14.7. The van der Waals surface area contributed by atoms with Crippen molar-refractivity contribution in [2.75, 3.05) is 7.11 Å². The topological polar surface area (TPSA) is 79.7 Å². The van der Waals surface area contributed by atoms with Crippen molar-refractivity contribution in [2.24, 2.45) is 0 Å². The fourth-order valence-electron chi connectivity index (χ4n) is 3.63. The zero-order valence-corrected chi connectivity index (χ0v) is 16.7. The van der Waals surface area contributed by atoms with Gasteiger partial charge in [-0.15, -0.1) is 0 Å². The van der Waals surface area contributed by atoms with Crippen LogP contribution < -0.4 is 4.74 Å². The summed E-state index contributed by atoms with van der Waals surface area (Å²) in [6.45, 7) is 0.111. The van der Waals surface area contributed by atoms with Crippen LogP contribution in [0.2, 0.25) is 0 Å². The van der Waals surface area contributed by atoms with Crippen LogP contribution in [-0.2, 0) is 16.1 Å². The van der Waals surface area contributed by atoms with Crippen molar-refractivity contribution in [3.63, 3.8) is 0 Å². The number of aliphatic hydroxyl groups excluding tert-OH is 1. The van der Waals surface area contributed by atoms with Crippen LogP contribution in [0.1, 0.15) is 22.7 Å². The molecule has 3 aromatic rings. The quantitative estimate of drug-likeness (QED) is 0.387. The van der Waals surface area contributed by atoms with E-state index in [0.717, 1.165) is 5.56 Å². The van der Waals surface area contributed by atoms with Crippen molar-refractivity contribution in [1.29, 1.82) is 0 Å². The lowest BCUT2D eigenvalue weighted by atomic mass is 9.95. The number of rotatable bonds is 5. The zero-order valence-electron chi connectivity index (χ0n) is 16.7. The van der Waals surface area contributed by atoms with E-state index in [1.807, 2.05) is 0 Å². The summed E-state index contributed by atoms with van der Waals surface area (Å²) in [4.78, 5) is 31.3. The van der Waals surface area contributed by atoms with Gasteiger partial charge in [-0.3, -0.25) is 14.6 Å². The second kappa shape index (κ2) is 8.39. The average Bonchev–Trinajstić information content (AvgIpc) is 3.05. The first-order valence-corrected chi connectivity index (χ1v) is 9.57. The Morgan fingerprint density at radius 2 is 1.81 bits per heavy atom. The Morgan fingerprint density at radius 1 is 1.10 bits per heavy atom. The molecule has 156 valence electrons. The van der Waals surface area contributed by atoms with E-state index in [-0.39, 0.29) is 17.9 Å². The Kier molecular flexibility index (Phi) is 5.49. The molecule has 1 aromatic heterocycles. The van der Waals surface area contributed by atoms with E-state index in [0.29, 0.717) is 16.9 Å². The fraction of sp³-hybridized carbons (Fsp3) is 0.125. The first kappa shape index (κ1) is 20.3. The molecular weight excluding hydrogens is 399 g/mol. The summed E-state index contributed by atoms with van der Waals surface area (Å²) < 4.78 is 18.7. The van der Waals surface area contributed by atoms with E-state index in [2.05, 4.69) is 4.98 Å². The highest BCUT2D eigenvalue weighted by Gasteiger charge is 2.46. The van der Waals surface area contributed by atoms with Gasteiger partial charge in [0.05, 0.1) is 18.7 Å². The lowest BCUT2D eigenvalue weighted by Gasteiger charge is -2.25. The third kappa shape index (κ3) is 3.90. The van der Waals surface area contributed by atoms with Crippen molar-refractivity contribution in [3.05, 3.63) is 101 Å². The molecule has 0 radical (unpaired) electrons. The van der Waals surface area contributed by atoms with E-state index in [4.69, 9.17) is 4.74 Å². The summed E-state index contributed by atoms with van der Waals surface area (Å²) >= 11 is 0. The molecule has 7 heteroatoms. The molecular formula is C24H19FN2O4. The Hall–Kier alpha value is -4.00. The van der Waals surface area contributed by atoms with Crippen molar-refractivity contribution >= 4 is 17.4 Å². The highest BCUT2D eigenvalue weighted by molar-refractivity contribution is 6.46. The number of amides is 1. The van der Waals surface area contributed by atoms with Crippen LogP contribution in [0.4, 0.5) is 4.39 Å². The summed E-state index contributed by atoms with van der Waals surface area (Å²) in [6.07, 6.45) is 3.21. The van der Waals surface area contributed by atoms with Crippen molar-refractivity contribution in [2.45, 2.75) is 12.6 Å². The molecule has 0 aliphatic carbocycles. The predicted molar refractivity (Wildman–Crippen MR) is 111 cm³/mol. The molecule has 1 aliphatic heterocycles. The van der Waals surface area contributed by atoms with E-state index >= 15 is 0 Å². The predicted octanol–water partition coefficient (Wildman–Crippen LogP) is 3.85. The van der Waals surface area contributed by atoms with Crippen molar-refractivity contribution in [3.8, 4) is 5.75 Å². The number of carbonyl (C=O) groups is 2. The minimum absolute atomic E-state index is 0.0503. The molecule has 31 heavy (non-hydrogen) atoms. The van der Waals surface area contributed by atoms with Gasteiger partial charge >= 0.3 is 0 Å². The Bertz CT molecular complexity index is 1140. The third-order valence-corrected chi connectivity index (χ3v) is 5.16. The lowest BCUT2D eigenvalue weighted by Crippen LogP contribution is -2.29. The Morgan fingerprint density at radius 3 is 2.42 bits per heavy atom. The maximum Gasteiger partial charge on any atom is 0.295 e. The molecule has 2 heterocycles. The summed E-state index contributed by atoms with van der Waals surface area (Å²) in [5.41, 5.74) is 1.55. The van der Waals surface area contributed by atoms with Gasteiger partial charge in [0.25, 0.3) is 11.7 Å². The second-order valence-corrected chi connectivity index (χ2v) is 7.07. The molecule has 4 rings (SSSR count). The monoisotopic (exact) mass is 418 g/mol. The highest BCUT2D eigenvalue weighted by Crippen LogP contribution is 2.40. The molecule has 1 fully saturated rings. The van der Waals surface area contributed by atoms with Crippen molar-refractivity contribution in [1.82, 2.24) is 9.88 Å². The SMILES string of the molecule is COc1ccc(C(O)=C2C(=O)C(=O)N(Cc3cccnc3)[C@@H]2c2ccc(F)cc2)cc1. The molecule has 0 spiro atoms. The Labute approximate surface area is 178 Å². The van der Waals surface area contributed by atoms with Crippen LogP contribution in [-0.4, -0.2) is 33.8 Å². The van der Waals surface area contributed by atoms with Crippen LogP contribution in [0.15, 0.2) is 78.6 Å². The molecule has 1 amide bonds. The third-order valence-electron chi connectivity index (χ3n) is 5.16. The molecule has 0 bridgehead atoms.